The van der Waals surface area contributed by atoms with Crippen LogP contribution in [0.25, 0.3) is 0 Å². The third kappa shape index (κ3) is 3.33. The van der Waals surface area contributed by atoms with E-state index in [9.17, 15) is 13.2 Å². The summed E-state index contributed by atoms with van der Waals surface area (Å²) in [5.74, 6) is 0.210. The number of benzene rings is 1. The van der Waals surface area contributed by atoms with Crippen molar-refractivity contribution in [1.29, 1.82) is 0 Å². The van der Waals surface area contributed by atoms with Crippen molar-refractivity contribution in [3.8, 4) is 0 Å². The zero-order valence-corrected chi connectivity index (χ0v) is 11.9. The van der Waals surface area contributed by atoms with Gasteiger partial charge in [-0.3, -0.25) is 0 Å². The van der Waals surface area contributed by atoms with Crippen molar-refractivity contribution >= 4 is 0 Å². The van der Waals surface area contributed by atoms with Crippen molar-refractivity contribution < 1.29 is 13.2 Å². The lowest BCUT2D eigenvalue weighted by Crippen LogP contribution is -2.39. The fourth-order valence-corrected chi connectivity index (χ4v) is 3.15. The average Bonchev–Trinajstić information content (AvgIpc) is 2.39. The summed E-state index contributed by atoms with van der Waals surface area (Å²) in [5, 5.41) is 3.09. The Kier molecular flexibility index (Phi) is 4.70. The molecule has 1 saturated heterocycles. The number of alkyl halides is 3. The van der Waals surface area contributed by atoms with Crippen LogP contribution in [0.1, 0.15) is 30.0 Å². The molecule has 1 fully saturated rings. The molecule has 2 atom stereocenters. The maximum absolute atomic E-state index is 13.2. The predicted octanol–water partition coefficient (Wildman–Crippen LogP) is 3.31. The highest BCUT2D eigenvalue weighted by Gasteiger charge is 2.37. The Morgan fingerprint density at radius 2 is 2.00 bits per heavy atom. The van der Waals surface area contributed by atoms with E-state index in [1.165, 1.54) is 12.1 Å². The highest BCUT2D eigenvalue weighted by molar-refractivity contribution is 5.33. The van der Waals surface area contributed by atoms with Crippen LogP contribution in [0, 0.1) is 5.92 Å². The van der Waals surface area contributed by atoms with Gasteiger partial charge in [-0.25, -0.2) is 0 Å². The molecule has 0 spiro atoms. The van der Waals surface area contributed by atoms with Gasteiger partial charge in [-0.1, -0.05) is 18.2 Å². The molecule has 1 heterocycles. The molecule has 0 aromatic heterocycles. The largest absolute Gasteiger partial charge is 0.416 e. The van der Waals surface area contributed by atoms with Crippen LogP contribution in [-0.4, -0.2) is 32.1 Å². The Labute approximate surface area is 118 Å². The molecule has 1 N–H and O–H groups in total. The van der Waals surface area contributed by atoms with Crippen molar-refractivity contribution in [1.82, 2.24) is 10.2 Å². The SMILES string of the molecule is CNC(c1ccccc1C(F)(F)F)C1CCCN(C)C1. The lowest BCUT2D eigenvalue weighted by molar-refractivity contribution is -0.138. The Bertz CT molecular complexity index is 445. The molecular formula is C15H21F3N2. The fraction of sp³-hybridized carbons (Fsp3) is 0.600. The van der Waals surface area contributed by atoms with E-state index in [4.69, 9.17) is 0 Å². The van der Waals surface area contributed by atoms with E-state index in [2.05, 4.69) is 10.2 Å². The summed E-state index contributed by atoms with van der Waals surface area (Å²) in [6.07, 6.45) is -2.30. The Morgan fingerprint density at radius 1 is 1.30 bits per heavy atom. The van der Waals surface area contributed by atoms with Crippen molar-refractivity contribution in [2.45, 2.75) is 25.1 Å². The maximum atomic E-state index is 13.2. The molecule has 0 bridgehead atoms. The normalized spacial score (nSPS) is 22.8. The number of hydrogen-bond acceptors (Lipinski definition) is 2. The molecule has 1 aliphatic rings. The third-order valence-corrected chi connectivity index (χ3v) is 4.04. The molecule has 0 saturated carbocycles. The van der Waals surface area contributed by atoms with Crippen LogP contribution in [0.2, 0.25) is 0 Å². The van der Waals surface area contributed by atoms with Gasteiger partial charge in [-0.05, 0) is 51.0 Å². The highest BCUT2D eigenvalue weighted by Crippen LogP contribution is 2.38. The van der Waals surface area contributed by atoms with E-state index in [1.54, 1.807) is 19.2 Å². The van der Waals surface area contributed by atoms with Crippen molar-refractivity contribution in [2.24, 2.45) is 5.92 Å². The van der Waals surface area contributed by atoms with Gasteiger partial charge in [0, 0.05) is 12.6 Å². The van der Waals surface area contributed by atoms with Gasteiger partial charge in [-0.15, -0.1) is 0 Å². The van der Waals surface area contributed by atoms with Gasteiger partial charge in [0.15, 0.2) is 0 Å². The van der Waals surface area contributed by atoms with Crippen molar-refractivity contribution in [2.75, 3.05) is 27.2 Å². The molecule has 0 amide bonds. The molecule has 5 heteroatoms. The second-order valence-electron chi connectivity index (χ2n) is 5.52. The topological polar surface area (TPSA) is 15.3 Å². The lowest BCUT2D eigenvalue weighted by Gasteiger charge is -2.36. The zero-order chi connectivity index (χ0) is 14.8. The molecule has 112 valence electrons. The zero-order valence-electron chi connectivity index (χ0n) is 11.9. The van der Waals surface area contributed by atoms with Crippen LogP contribution < -0.4 is 5.32 Å². The summed E-state index contributed by atoms with van der Waals surface area (Å²) in [6, 6.07) is 5.65. The summed E-state index contributed by atoms with van der Waals surface area (Å²) < 4.78 is 39.5. The molecule has 2 nitrogen and oxygen atoms in total. The molecule has 0 aliphatic carbocycles. The number of rotatable bonds is 3. The van der Waals surface area contributed by atoms with Gasteiger partial charge in [-0.2, -0.15) is 13.2 Å². The Balaban J connectivity index is 2.32. The van der Waals surface area contributed by atoms with Gasteiger partial charge in [0.2, 0.25) is 0 Å². The lowest BCUT2D eigenvalue weighted by atomic mass is 9.84. The number of piperidine rings is 1. The number of hydrogen-bond donors (Lipinski definition) is 1. The van der Waals surface area contributed by atoms with E-state index in [1.807, 2.05) is 7.05 Å². The van der Waals surface area contributed by atoms with Gasteiger partial charge >= 0.3 is 6.18 Å². The predicted molar refractivity (Wildman–Crippen MR) is 73.5 cm³/mol. The monoisotopic (exact) mass is 286 g/mol. The van der Waals surface area contributed by atoms with E-state index in [0.717, 1.165) is 25.9 Å². The van der Waals surface area contributed by atoms with Crippen LogP contribution >= 0.6 is 0 Å². The van der Waals surface area contributed by atoms with Crippen molar-refractivity contribution in [3.63, 3.8) is 0 Å². The molecule has 20 heavy (non-hydrogen) atoms. The first kappa shape index (κ1) is 15.3. The first-order valence-corrected chi connectivity index (χ1v) is 6.95. The first-order chi connectivity index (χ1) is 9.43. The van der Waals surface area contributed by atoms with Gasteiger partial charge in [0.05, 0.1) is 5.56 Å². The molecule has 0 radical (unpaired) electrons. The van der Waals surface area contributed by atoms with E-state index >= 15 is 0 Å². The number of nitrogens with one attached hydrogen (secondary N) is 1. The maximum Gasteiger partial charge on any atom is 0.416 e. The Morgan fingerprint density at radius 3 is 2.60 bits per heavy atom. The van der Waals surface area contributed by atoms with E-state index in [-0.39, 0.29) is 12.0 Å². The van der Waals surface area contributed by atoms with E-state index in [0.29, 0.717) is 5.56 Å². The standard InChI is InChI=1S/C15H21F3N2/c1-19-14(11-6-5-9-20(2)10-11)12-7-3-4-8-13(12)15(16,17)18/h3-4,7-8,11,14,19H,5-6,9-10H2,1-2H3. The minimum atomic E-state index is -4.30. The van der Waals surface area contributed by atoms with Crippen LogP contribution in [-0.2, 0) is 6.18 Å². The number of nitrogens with zero attached hydrogens (tertiary/aromatic N) is 1. The van der Waals surface area contributed by atoms with Gasteiger partial charge < -0.3 is 10.2 Å². The molecule has 1 aromatic rings. The van der Waals surface area contributed by atoms with Gasteiger partial charge in [0.25, 0.3) is 0 Å². The van der Waals surface area contributed by atoms with Crippen LogP contribution in [0.5, 0.6) is 0 Å². The molecule has 2 rings (SSSR count). The molecule has 2 unspecified atom stereocenters. The second-order valence-corrected chi connectivity index (χ2v) is 5.52. The summed E-state index contributed by atoms with van der Waals surface area (Å²) in [5.41, 5.74) is -0.157. The molecule has 1 aromatic carbocycles. The third-order valence-electron chi connectivity index (χ3n) is 4.04. The minimum absolute atomic E-state index is 0.210. The first-order valence-electron chi connectivity index (χ1n) is 6.95. The van der Waals surface area contributed by atoms with Gasteiger partial charge in [0.1, 0.15) is 0 Å². The number of likely N-dealkylation sites (tertiary alicyclic amines) is 1. The van der Waals surface area contributed by atoms with E-state index < -0.39 is 11.7 Å². The van der Waals surface area contributed by atoms with Crippen LogP contribution in [0.4, 0.5) is 13.2 Å². The quantitative estimate of drug-likeness (QED) is 0.917. The molecule has 1 aliphatic heterocycles. The van der Waals surface area contributed by atoms with Crippen LogP contribution in [0.15, 0.2) is 24.3 Å². The smallest absolute Gasteiger partial charge is 0.313 e. The molecular weight excluding hydrogens is 265 g/mol. The summed E-state index contributed by atoms with van der Waals surface area (Å²) >= 11 is 0. The average molecular weight is 286 g/mol. The summed E-state index contributed by atoms with van der Waals surface area (Å²) in [6.45, 7) is 1.85. The Hall–Kier alpha value is -1.07. The minimum Gasteiger partial charge on any atom is -0.313 e. The second kappa shape index (κ2) is 6.14. The fourth-order valence-electron chi connectivity index (χ4n) is 3.15. The highest BCUT2D eigenvalue weighted by atomic mass is 19.4. The van der Waals surface area contributed by atoms with Crippen LogP contribution in [0.3, 0.4) is 0 Å². The summed E-state index contributed by atoms with van der Waals surface area (Å²) in [4.78, 5) is 2.19. The number of halogens is 3. The van der Waals surface area contributed by atoms with Crippen molar-refractivity contribution in [3.05, 3.63) is 35.4 Å². The summed E-state index contributed by atoms with van der Waals surface area (Å²) in [7, 11) is 3.76.